The van der Waals surface area contributed by atoms with Crippen LogP contribution in [0.1, 0.15) is 68.8 Å². The zero-order valence-electron chi connectivity index (χ0n) is 35.9. The van der Waals surface area contributed by atoms with Crippen molar-refractivity contribution >= 4 is 46.7 Å². The summed E-state index contributed by atoms with van der Waals surface area (Å²) >= 11 is 0. The number of ether oxygens (including phenoxy) is 4. The first-order valence-corrected chi connectivity index (χ1v) is 21.1. The molecule has 2 fully saturated rings. The van der Waals surface area contributed by atoms with Crippen LogP contribution >= 0.6 is 0 Å². The van der Waals surface area contributed by atoms with Gasteiger partial charge in [0.25, 0.3) is 0 Å². The van der Waals surface area contributed by atoms with Crippen LogP contribution in [0.3, 0.4) is 0 Å². The molecule has 1 aliphatic carbocycles. The molecule has 8 rings (SSSR count). The van der Waals surface area contributed by atoms with E-state index < -0.39 is 75.7 Å². The summed E-state index contributed by atoms with van der Waals surface area (Å²) < 4.78 is 23.6. The molecule has 15 heteroatoms. The van der Waals surface area contributed by atoms with Crippen molar-refractivity contribution in [2.24, 2.45) is 11.3 Å². The largest absolute Gasteiger partial charge is 0.496 e. The van der Waals surface area contributed by atoms with Crippen LogP contribution in [-0.2, 0) is 55.4 Å². The van der Waals surface area contributed by atoms with Crippen molar-refractivity contribution in [3.05, 3.63) is 70.9 Å². The molecule has 5 aliphatic rings. The van der Waals surface area contributed by atoms with Gasteiger partial charge in [0.15, 0.2) is 11.9 Å². The number of carbonyl (C=O) groups is 5. The van der Waals surface area contributed by atoms with E-state index >= 15 is 4.79 Å². The lowest BCUT2D eigenvalue weighted by atomic mass is 9.47. The van der Waals surface area contributed by atoms with E-state index in [1.165, 1.54) is 33.2 Å². The van der Waals surface area contributed by atoms with Crippen LogP contribution in [-0.4, -0.2) is 140 Å². The van der Waals surface area contributed by atoms with Crippen LogP contribution in [0.5, 0.6) is 5.75 Å². The van der Waals surface area contributed by atoms with Crippen molar-refractivity contribution in [2.45, 2.75) is 93.6 Å². The fourth-order valence-electron chi connectivity index (χ4n) is 12.6. The predicted octanol–water partition coefficient (Wildman–Crippen LogP) is 2.94. The zero-order valence-corrected chi connectivity index (χ0v) is 35.9. The van der Waals surface area contributed by atoms with Gasteiger partial charge >= 0.3 is 17.9 Å². The third-order valence-corrected chi connectivity index (χ3v) is 14.9. The SMILES string of the molecule is CCC(=O)[C@H](O)[C@@H]1CN(C=O)CCc2c([nH]c3ccccc23)[C@@](C(=O)OC)(c2cc3c(cc2OC)N(C)[C@H]2[C@@](O)(C(=O)OC)[C@H](OC(C)=O)[C@]4(CC)C=CCN5CC[C@]32[C@@H]54)C1. The van der Waals surface area contributed by atoms with Gasteiger partial charge in [-0.05, 0) is 55.5 Å². The first kappa shape index (κ1) is 42.4. The zero-order chi connectivity index (χ0) is 43.8. The molecule has 1 amide bonds. The maximum Gasteiger partial charge on any atom is 0.344 e. The van der Waals surface area contributed by atoms with Gasteiger partial charge in [-0.3, -0.25) is 24.1 Å². The van der Waals surface area contributed by atoms with Gasteiger partial charge in [0, 0.05) is 96.7 Å². The third kappa shape index (κ3) is 5.68. The standard InChI is InChI=1S/C46H56N4O11/c1-8-34(53)36(54)27-23-45(41(55)59-6,37-29(15-19-49(24-27)25-51)28-13-10-11-14-32(28)47-37)31-21-30-33(22-35(31)58-5)48(4)39-44(30)17-20-50-18-12-16-43(9-2,38(44)50)40(61-26(3)52)46(39,57)42(56)60-7/h10-14,16,21-22,25,27,36,38-40,47,54,57H,8-9,15,17-20,23-24H2,1-7H3/t27-,36+,38-,39+,40+,43+,44+,45-,46-/m0/s1. The Hall–Kier alpha value is -5.25. The minimum absolute atomic E-state index is 0.0224. The summed E-state index contributed by atoms with van der Waals surface area (Å²) in [5, 5.41) is 26.0. The monoisotopic (exact) mass is 840 g/mol. The normalized spacial score (nSPS) is 32.0. The van der Waals surface area contributed by atoms with Gasteiger partial charge < -0.3 is 43.9 Å². The Bertz CT molecular complexity index is 2330. The Morgan fingerprint density at radius 1 is 1.02 bits per heavy atom. The molecule has 1 saturated heterocycles. The number of likely N-dealkylation sites (N-methyl/N-ethyl adjacent to an activating group) is 1. The van der Waals surface area contributed by atoms with Crippen LogP contribution < -0.4 is 9.64 Å². The van der Waals surface area contributed by atoms with Gasteiger partial charge in [0.05, 0.1) is 27.4 Å². The summed E-state index contributed by atoms with van der Waals surface area (Å²) in [5.41, 5.74) is -2.55. The number of rotatable bonds is 10. The number of fused-ring (bicyclic) bond motifs is 4. The summed E-state index contributed by atoms with van der Waals surface area (Å²) in [7, 11) is 5.79. The first-order valence-electron chi connectivity index (χ1n) is 21.1. The van der Waals surface area contributed by atoms with Gasteiger partial charge in [-0.2, -0.15) is 0 Å². The molecule has 2 aromatic carbocycles. The summed E-state index contributed by atoms with van der Waals surface area (Å²) in [6.07, 6.45) is 2.88. The number of hydrogen-bond acceptors (Lipinski definition) is 13. The summed E-state index contributed by atoms with van der Waals surface area (Å²) in [4.78, 5) is 78.1. The number of methoxy groups -OCH3 is 3. The van der Waals surface area contributed by atoms with Crippen LogP contribution in [0.25, 0.3) is 10.9 Å². The molecule has 0 radical (unpaired) electrons. The van der Waals surface area contributed by atoms with Gasteiger partial charge in [0.2, 0.25) is 12.0 Å². The Kier molecular flexibility index (Phi) is 10.6. The Balaban J connectivity index is 1.49. The highest BCUT2D eigenvalue weighted by atomic mass is 16.6. The van der Waals surface area contributed by atoms with Crippen LogP contribution in [0.4, 0.5) is 5.69 Å². The van der Waals surface area contributed by atoms with Crippen molar-refractivity contribution < 1.29 is 53.1 Å². The van der Waals surface area contributed by atoms with E-state index in [2.05, 4.69) is 9.88 Å². The van der Waals surface area contributed by atoms with E-state index in [-0.39, 0.29) is 31.7 Å². The summed E-state index contributed by atoms with van der Waals surface area (Å²) in [6.45, 7) is 6.26. The number of Topliss-reactive ketones (excluding diaryl/α,β-unsaturated/α-hetero) is 1. The number of benzene rings is 2. The minimum Gasteiger partial charge on any atom is -0.496 e. The van der Waals surface area contributed by atoms with E-state index in [9.17, 15) is 29.4 Å². The molecular weight excluding hydrogens is 785 g/mol. The smallest absolute Gasteiger partial charge is 0.344 e. The van der Waals surface area contributed by atoms with Crippen LogP contribution in [0.2, 0.25) is 0 Å². The quantitative estimate of drug-likeness (QED) is 0.117. The van der Waals surface area contributed by atoms with Crippen molar-refractivity contribution in [3.8, 4) is 5.75 Å². The van der Waals surface area contributed by atoms with E-state index in [1.807, 2.05) is 60.4 Å². The number of esters is 3. The number of ketones is 1. The Labute approximate surface area is 354 Å². The number of aliphatic hydroxyl groups is 2. The second-order valence-electron chi connectivity index (χ2n) is 17.4. The molecule has 1 spiro atoms. The van der Waals surface area contributed by atoms with Crippen molar-refractivity contribution in [1.29, 1.82) is 0 Å². The van der Waals surface area contributed by atoms with Crippen molar-refractivity contribution in [3.63, 3.8) is 0 Å². The van der Waals surface area contributed by atoms with E-state index in [0.29, 0.717) is 55.7 Å². The number of amides is 1. The van der Waals surface area contributed by atoms with Gasteiger partial charge in [-0.25, -0.2) is 4.79 Å². The number of aromatic nitrogens is 1. The number of carbonyl (C=O) groups excluding carboxylic acids is 5. The maximum absolute atomic E-state index is 15.3. The molecule has 0 bridgehead atoms. The molecular formula is C46H56N4O11. The molecule has 1 aromatic heterocycles. The molecule has 3 N–H and O–H groups in total. The topological polar surface area (TPSA) is 188 Å². The number of nitrogens with zero attached hydrogens (tertiary/aromatic N) is 3. The average Bonchev–Trinajstić information content (AvgIpc) is 3.94. The fraction of sp³-hybridized carbons (Fsp3) is 0.543. The predicted molar refractivity (Wildman–Crippen MR) is 223 cm³/mol. The highest BCUT2D eigenvalue weighted by Crippen LogP contribution is 2.68. The lowest BCUT2D eigenvalue weighted by molar-refractivity contribution is -0.228. The molecule has 1 saturated carbocycles. The highest BCUT2D eigenvalue weighted by Gasteiger charge is 2.80. The maximum atomic E-state index is 15.3. The number of para-hydroxylation sites is 1. The molecule has 15 nitrogen and oxygen atoms in total. The minimum atomic E-state index is -2.39. The third-order valence-electron chi connectivity index (χ3n) is 14.9. The van der Waals surface area contributed by atoms with E-state index in [4.69, 9.17) is 18.9 Å². The number of H-pyrrole nitrogens is 1. The molecule has 4 aliphatic heterocycles. The highest BCUT2D eigenvalue weighted by molar-refractivity contribution is 5.95. The first-order chi connectivity index (χ1) is 29.2. The van der Waals surface area contributed by atoms with Crippen LogP contribution in [0.15, 0.2) is 48.6 Å². The average molecular weight is 841 g/mol. The molecule has 0 unspecified atom stereocenters. The van der Waals surface area contributed by atoms with Crippen LogP contribution in [0, 0.1) is 11.3 Å². The number of nitrogens with one attached hydrogen (secondary N) is 1. The number of hydrogen-bond donors (Lipinski definition) is 3. The van der Waals surface area contributed by atoms with Crippen molar-refractivity contribution in [2.75, 3.05) is 59.5 Å². The second kappa shape index (κ2) is 15.3. The molecule has 3 aromatic rings. The molecule has 9 atom stereocenters. The number of anilines is 1. The Morgan fingerprint density at radius 3 is 2.41 bits per heavy atom. The molecule has 326 valence electrons. The van der Waals surface area contributed by atoms with Gasteiger partial charge in [0.1, 0.15) is 17.3 Å². The Morgan fingerprint density at radius 2 is 1.75 bits per heavy atom. The van der Waals surface area contributed by atoms with E-state index in [1.54, 1.807) is 14.0 Å². The lowest BCUT2D eigenvalue weighted by Gasteiger charge is -2.63. The molecule has 61 heavy (non-hydrogen) atoms. The number of aromatic amines is 1. The van der Waals surface area contributed by atoms with E-state index in [0.717, 1.165) is 22.0 Å². The summed E-state index contributed by atoms with van der Waals surface area (Å²) in [6, 6.07) is 9.95. The summed E-state index contributed by atoms with van der Waals surface area (Å²) in [5.74, 6) is -3.38. The number of aliphatic hydroxyl groups excluding tert-OH is 1. The lowest BCUT2D eigenvalue weighted by Crippen LogP contribution is -2.81. The fourth-order valence-corrected chi connectivity index (χ4v) is 12.6. The van der Waals surface area contributed by atoms with Gasteiger partial charge in [-0.15, -0.1) is 0 Å². The second-order valence-corrected chi connectivity index (χ2v) is 17.4. The molecule has 5 heterocycles. The van der Waals surface area contributed by atoms with Crippen molar-refractivity contribution in [1.82, 2.24) is 14.8 Å². The van der Waals surface area contributed by atoms with Gasteiger partial charge in [-0.1, -0.05) is 44.2 Å².